The lowest BCUT2D eigenvalue weighted by atomic mass is 9.90. The number of hydrogen-bond acceptors (Lipinski definition) is 2. The topological polar surface area (TPSA) is 24.1 Å². The van der Waals surface area contributed by atoms with Gasteiger partial charge in [0.25, 0.3) is 0 Å². The molecule has 1 atom stereocenters. The third-order valence-electron chi connectivity index (χ3n) is 5.78. The van der Waals surface area contributed by atoms with Crippen LogP contribution < -0.4 is 10.6 Å². The molecule has 0 saturated heterocycles. The first-order valence-electron chi connectivity index (χ1n) is 11.0. The third kappa shape index (κ3) is 4.97. The summed E-state index contributed by atoms with van der Waals surface area (Å²) in [6, 6.07) is 19.0. The van der Waals surface area contributed by atoms with Gasteiger partial charge in [0.15, 0.2) is 0 Å². The van der Waals surface area contributed by atoms with Crippen molar-refractivity contribution >= 4 is 17.0 Å². The largest absolute Gasteiger partial charge is 0.381 e. The Morgan fingerprint density at radius 1 is 1.03 bits per heavy atom. The van der Waals surface area contributed by atoms with E-state index in [1.165, 1.54) is 22.3 Å². The fourth-order valence-electron chi connectivity index (χ4n) is 4.15. The summed E-state index contributed by atoms with van der Waals surface area (Å²) in [5.41, 5.74) is 8.43. The molecule has 0 saturated carbocycles. The zero-order chi connectivity index (χ0) is 21.5. The van der Waals surface area contributed by atoms with Crippen molar-refractivity contribution in [1.29, 1.82) is 0 Å². The Bertz CT molecular complexity index is 1080. The molecule has 0 amide bonds. The van der Waals surface area contributed by atoms with Gasteiger partial charge in [-0.3, -0.25) is 0 Å². The van der Waals surface area contributed by atoms with Crippen LogP contribution >= 0.6 is 0 Å². The van der Waals surface area contributed by atoms with E-state index < -0.39 is 0 Å². The van der Waals surface area contributed by atoms with Gasteiger partial charge in [-0.05, 0) is 54.2 Å². The molecule has 2 nitrogen and oxygen atoms in total. The van der Waals surface area contributed by atoms with Crippen LogP contribution in [0.25, 0.3) is 11.3 Å². The van der Waals surface area contributed by atoms with E-state index in [1.54, 1.807) is 0 Å². The summed E-state index contributed by atoms with van der Waals surface area (Å²) in [5, 5.41) is 7.33. The maximum absolute atomic E-state index is 4.10. The van der Waals surface area contributed by atoms with Crippen LogP contribution in [0.5, 0.6) is 0 Å². The van der Waals surface area contributed by atoms with Gasteiger partial charge in [0, 0.05) is 23.5 Å². The highest BCUT2D eigenvalue weighted by Gasteiger charge is 2.18. The molecule has 1 heterocycles. The van der Waals surface area contributed by atoms with E-state index in [0.29, 0.717) is 0 Å². The molecule has 1 aliphatic heterocycles. The van der Waals surface area contributed by atoms with Crippen molar-refractivity contribution in [3.05, 3.63) is 126 Å². The quantitative estimate of drug-likeness (QED) is 0.489. The first-order chi connectivity index (χ1) is 15.3. The number of dihydropyridines is 1. The number of anilines is 1. The summed E-state index contributed by atoms with van der Waals surface area (Å²) in [6.45, 7) is 7.16. The molecular formula is C29H30N2. The number of rotatable bonds is 7. The second kappa shape index (κ2) is 9.99. The molecule has 2 heteroatoms. The van der Waals surface area contributed by atoms with Crippen LogP contribution in [0.2, 0.25) is 0 Å². The minimum atomic E-state index is 0.0469. The first kappa shape index (κ1) is 20.7. The molecule has 1 unspecified atom stereocenters. The summed E-state index contributed by atoms with van der Waals surface area (Å²) in [4.78, 5) is 0. The van der Waals surface area contributed by atoms with Crippen LogP contribution in [0, 0.1) is 0 Å². The molecule has 156 valence electrons. The van der Waals surface area contributed by atoms with Crippen molar-refractivity contribution in [2.75, 3.05) is 11.9 Å². The van der Waals surface area contributed by atoms with Gasteiger partial charge in [0.05, 0.1) is 6.04 Å². The fraction of sp³-hybridized carbons (Fsp3) is 0.172. The van der Waals surface area contributed by atoms with Gasteiger partial charge in [-0.2, -0.15) is 0 Å². The highest BCUT2D eigenvalue weighted by molar-refractivity contribution is 5.79. The highest BCUT2D eigenvalue weighted by atomic mass is 14.9. The Morgan fingerprint density at radius 2 is 1.81 bits per heavy atom. The smallest absolute Gasteiger partial charge is 0.0706 e. The van der Waals surface area contributed by atoms with Crippen LogP contribution in [-0.4, -0.2) is 12.6 Å². The zero-order valence-corrected chi connectivity index (χ0v) is 18.1. The number of para-hydroxylation sites is 1. The molecule has 0 aromatic heterocycles. The zero-order valence-electron chi connectivity index (χ0n) is 18.1. The summed E-state index contributed by atoms with van der Waals surface area (Å²) in [5.74, 6) is 0. The highest BCUT2D eigenvalue weighted by Crippen LogP contribution is 2.30. The van der Waals surface area contributed by atoms with Crippen LogP contribution in [-0.2, 0) is 0 Å². The number of nitrogens with one attached hydrogen (secondary N) is 2. The molecule has 31 heavy (non-hydrogen) atoms. The predicted octanol–water partition coefficient (Wildman–Crippen LogP) is 6.90. The maximum atomic E-state index is 4.10. The fourth-order valence-corrected chi connectivity index (χ4v) is 4.15. The van der Waals surface area contributed by atoms with Crippen LogP contribution in [0.4, 0.5) is 5.69 Å². The van der Waals surface area contributed by atoms with E-state index in [-0.39, 0.29) is 6.04 Å². The second-order valence-electron chi connectivity index (χ2n) is 7.87. The van der Waals surface area contributed by atoms with E-state index in [0.717, 1.165) is 36.3 Å². The van der Waals surface area contributed by atoms with Crippen molar-refractivity contribution in [3.63, 3.8) is 0 Å². The van der Waals surface area contributed by atoms with E-state index in [2.05, 4.69) is 109 Å². The van der Waals surface area contributed by atoms with Crippen molar-refractivity contribution in [3.8, 4) is 0 Å². The average molecular weight is 407 g/mol. The Kier molecular flexibility index (Phi) is 6.68. The lowest BCUT2D eigenvalue weighted by molar-refractivity contribution is 0.927. The summed E-state index contributed by atoms with van der Waals surface area (Å²) in [7, 11) is 0. The molecule has 0 fully saturated rings. The van der Waals surface area contributed by atoms with Crippen LogP contribution in [0.1, 0.15) is 30.9 Å². The van der Waals surface area contributed by atoms with Gasteiger partial charge < -0.3 is 10.6 Å². The minimum absolute atomic E-state index is 0.0469. The average Bonchev–Trinajstić information content (AvgIpc) is 2.83. The molecular weight excluding hydrogens is 376 g/mol. The molecule has 2 aromatic carbocycles. The van der Waals surface area contributed by atoms with Crippen LogP contribution in [0.15, 0.2) is 115 Å². The molecule has 4 rings (SSSR count). The Morgan fingerprint density at radius 3 is 2.55 bits per heavy atom. The lowest BCUT2D eigenvalue weighted by Gasteiger charge is -2.26. The lowest BCUT2D eigenvalue weighted by Crippen LogP contribution is -2.23. The van der Waals surface area contributed by atoms with Gasteiger partial charge in [-0.15, -0.1) is 0 Å². The van der Waals surface area contributed by atoms with E-state index in [9.17, 15) is 0 Å². The maximum Gasteiger partial charge on any atom is 0.0706 e. The monoisotopic (exact) mass is 406 g/mol. The van der Waals surface area contributed by atoms with Crippen molar-refractivity contribution < 1.29 is 0 Å². The van der Waals surface area contributed by atoms with Gasteiger partial charge in [-0.25, -0.2) is 0 Å². The van der Waals surface area contributed by atoms with E-state index >= 15 is 0 Å². The SMILES string of the molecule is C=C/C(=C\C(Nc1ccccc1C1=CC=CCN1)C1=CCCC=C1C)c1ccccc1. The van der Waals surface area contributed by atoms with Crippen molar-refractivity contribution in [2.45, 2.75) is 25.8 Å². The Labute approximate surface area is 186 Å². The van der Waals surface area contributed by atoms with Gasteiger partial charge in [0.1, 0.15) is 0 Å². The summed E-state index contributed by atoms with van der Waals surface area (Å²) >= 11 is 0. The molecule has 2 aromatic rings. The molecule has 1 aliphatic carbocycles. The van der Waals surface area contributed by atoms with Crippen molar-refractivity contribution in [1.82, 2.24) is 5.32 Å². The molecule has 0 radical (unpaired) electrons. The van der Waals surface area contributed by atoms with Crippen molar-refractivity contribution in [2.24, 2.45) is 0 Å². The summed E-state index contributed by atoms with van der Waals surface area (Å²) in [6.07, 6.45) is 17.5. The number of hydrogen-bond donors (Lipinski definition) is 2. The van der Waals surface area contributed by atoms with Crippen LogP contribution in [0.3, 0.4) is 0 Å². The molecule has 2 N–H and O–H groups in total. The molecule has 0 spiro atoms. The number of allylic oxidation sites excluding steroid dienone is 6. The predicted molar refractivity (Wildman–Crippen MR) is 135 cm³/mol. The minimum Gasteiger partial charge on any atom is -0.381 e. The van der Waals surface area contributed by atoms with Gasteiger partial charge >= 0.3 is 0 Å². The Hall–Kier alpha value is -3.52. The third-order valence-corrected chi connectivity index (χ3v) is 5.78. The van der Waals surface area contributed by atoms with Gasteiger partial charge in [0.2, 0.25) is 0 Å². The van der Waals surface area contributed by atoms with Gasteiger partial charge in [-0.1, -0.05) is 91.6 Å². The standard InChI is InChI=1S/C29H30N2/c1-3-23(24-14-5-4-6-15-24)21-29(25-16-8-7-13-22(25)2)31-28-19-10-9-17-26(28)27-18-11-12-20-30-27/h3-6,9-19,21,29-31H,1,7-8,20H2,2H3/b23-21+. The normalized spacial score (nSPS) is 17.1. The second-order valence-corrected chi connectivity index (χ2v) is 7.87. The Balaban J connectivity index is 1.75. The molecule has 0 bridgehead atoms. The number of benzene rings is 2. The molecule has 2 aliphatic rings. The summed E-state index contributed by atoms with van der Waals surface area (Å²) < 4.78 is 0. The van der Waals surface area contributed by atoms with E-state index in [4.69, 9.17) is 0 Å². The van der Waals surface area contributed by atoms with E-state index in [1.807, 2.05) is 12.1 Å². The first-order valence-corrected chi connectivity index (χ1v) is 11.0.